The SMILES string of the molecule is CCc1cccc(C)c1NC(=O)CSc1nnc(CSCc2ccc(C)cc2)n1CC. The summed E-state index contributed by atoms with van der Waals surface area (Å²) in [5.41, 5.74) is 5.76. The average Bonchev–Trinajstić information content (AvgIpc) is 3.16. The van der Waals surface area contributed by atoms with Crippen LogP contribution in [0.4, 0.5) is 5.69 Å². The highest BCUT2D eigenvalue weighted by molar-refractivity contribution is 7.99. The molecule has 3 aromatic rings. The van der Waals surface area contributed by atoms with Gasteiger partial charge in [-0.3, -0.25) is 4.79 Å². The molecule has 0 saturated heterocycles. The molecule has 31 heavy (non-hydrogen) atoms. The normalized spacial score (nSPS) is 11.0. The number of aryl methyl sites for hydroxylation is 3. The molecule has 0 atom stereocenters. The molecular formula is C24H30N4OS2. The van der Waals surface area contributed by atoms with Crippen LogP contribution >= 0.6 is 23.5 Å². The van der Waals surface area contributed by atoms with Crippen LogP contribution in [0.2, 0.25) is 0 Å². The molecule has 0 aliphatic rings. The van der Waals surface area contributed by atoms with E-state index in [1.807, 2.05) is 30.8 Å². The van der Waals surface area contributed by atoms with Crippen molar-refractivity contribution in [3.63, 3.8) is 0 Å². The van der Waals surface area contributed by atoms with E-state index in [1.165, 1.54) is 22.9 Å². The Labute approximate surface area is 193 Å². The number of rotatable bonds is 10. The second-order valence-corrected chi connectivity index (χ2v) is 9.35. The number of anilines is 1. The number of benzene rings is 2. The van der Waals surface area contributed by atoms with Gasteiger partial charge >= 0.3 is 0 Å². The minimum Gasteiger partial charge on any atom is -0.325 e. The van der Waals surface area contributed by atoms with E-state index in [0.29, 0.717) is 5.75 Å². The van der Waals surface area contributed by atoms with Gasteiger partial charge in [-0.05, 0) is 43.9 Å². The van der Waals surface area contributed by atoms with Crippen molar-refractivity contribution in [1.29, 1.82) is 0 Å². The maximum Gasteiger partial charge on any atom is 0.234 e. The zero-order chi connectivity index (χ0) is 22.2. The lowest BCUT2D eigenvalue weighted by atomic mass is 10.1. The minimum absolute atomic E-state index is 0.0186. The van der Waals surface area contributed by atoms with E-state index >= 15 is 0 Å². The Morgan fingerprint density at radius 3 is 2.52 bits per heavy atom. The van der Waals surface area contributed by atoms with Gasteiger partial charge in [0.1, 0.15) is 5.82 Å². The van der Waals surface area contributed by atoms with Crippen molar-refractivity contribution in [2.75, 3.05) is 11.1 Å². The number of amides is 1. The van der Waals surface area contributed by atoms with Crippen LogP contribution < -0.4 is 5.32 Å². The first-order chi connectivity index (χ1) is 15.0. The van der Waals surface area contributed by atoms with Crippen molar-refractivity contribution < 1.29 is 4.79 Å². The number of aromatic nitrogens is 3. The number of carbonyl (C=O) groups excluding carboxylic acids is 1. The summed E-state index contributed by atoms with van der Waals surface area (Å²) in [6.07, 6.45) is 0.887. The van der Waals surface area contributed by atoms with E-state index < -0.39 is 0 Å². The molecule has 164 valence electrons. The summed E-state index contributed by atoms with van der Waals surface area (Å²) in [6, 6.07) is 14.7. The van der Waals surface area contributed by atoms with Gasteiger partial charge in [0.05, 0.1) is 11.5 Å². The summed E-state index contributed by atoms with van der Waals surface area (Å²) in [5.74, 6) is 2.99. The van der Waals surface area contributed by atoms with Crippen molar-refractivity contribution in [2.45, 2.75) is 57.3 Å². The Kier molecular flexibility index (Phi) is 8.60. The smallest absolute Gasteiger partial charge is 0.234 e. The van der Waals surface area contributed by atoms with Crippen molar-refractivity contribution in [3.8, 4) is 0 Å². The highest BCUT2D eigenvalue weighted by Gasteiger charge is 2.14. The average molecular weight is 455 g/mol. The van der Waals surface area contributed by atoms with Gasteiger partial charge in [-0.1, -0.05) is 66.7 Å². The highest BCUT2D eigenvalue weighted by atomic mass is 32.2. The molecule has 0 aliphatic heterocycles. The predicted octanol–water partition coefficient (Wildman–Crippen LogP) is 5.64. The van der Waals surface area contributed by atoms with Crippen LogP contribution in [0.15, 0.2) is 47.6 Å². The third-order valence-corrected chi connectivity index (χ3v) is 7.03. The summed E-state index contributed by atoms with van der Waals surface area (Å²) in [5, 5.41) is 12.6. The van der Waals surface area contributed by atoms with Gasteiger partial charge in [-0.25, -0.2) is 0 Å². The van der Waals surface area contributed by atoms with E-state index in [0.717, 1.165) is 52.3 Å². The van der Waals surface area contributed by atoms with E-state index in [2.05, 4.69) is 71.2 Å². The Morgan fingerprint density at radius 1 is 1.03 bits per heavy atom. The van der Waals surface area contributed by atoms with Gasteiger partial charge in [0, 0.05) is 18.0 Å². The Bertz CT molecular complexity index is 1010. The molecule has 1 amide bonds. The Balaban J connectivity index is 1.55. The lowest BCUT2D eigenvalue weighted by Gasteiger charge is -2.13. The fourth-order valence-electron chi connectivity index (χ4n) is 3.30. The van der Waals surface area contributed by atoms with E-state index in [9.17, 15) is 4.79 Å². The molecule has 7 heteroatoms. The van der Waals surface area contributed by atoms with Crippen LogP contribution in [0.3, 0.4) is 0 Å². The largest absolute Gasteiger partial charge is 0.325 e. The summed E-state index contributed by atoms with van der Waals surface area (Å²) < 4.78 is 2.10. The van der Waals surface area contributed by atoms with Crippen LogP contribution in [0, 0.1) is 13.8 Å². The van der Waals surface area contributed by atoms with Gasteiger partial charge in [0.15, 0.2) is 5.16 Å². The molecule has 0 fully saturated rings. The molecule has 1 N–H and O–H groups in total. The molecule has 0 saturated carbocycles. The minimum atomic E-state index is -0.0186. The maximum absolute atomic E-state index is 12.6. The van der Waals surface area contributed by atoms with Crippen LogP contribution in [-0.4, -0.2) is 26.4 Å². The summed E-state index contributed by atoms with van der Waals surface area (Å²) >= 11 is 3.27. The van der Waals surface area contributed by atoms with Gasteiger partial charge in [-0.2, -0.15) is 0 Å². The first-order valence-corrected chi connectivity index (χ1v) is 12.7. The van der Waals surface area contributed by atoms with Gasteiger partial charge in [0.25, 0.3) is 0 Å². The van der Waals surface area contributed by atoms with E-state index in [-0.39, 0.29) is 5.91 Å². The van der Waals surface area contributed by atoms with Gasteiger partial charge < -0.3 is 9.88 Å². The molecule has 0 bridgehead atoms. The number of hydrogen-bond acceptors (Lipinski definition) is 5. The quantitative estimate of drug-likeness (QED) is 0.402. The monoisotopic (exact) mass is 454 g/mol. The van der Waals surface area contributed by atoms with Crippen molar-refractivity contribution in [1.82, 2.24) is 14.8 Å². The lowest BCUT2D eigenvalue weighted by Crippen LogP contribution is -2.16. The molecule has 0 radical (unpaired) electrons. The molecule has 0 unspecified atom stereocenters. The summed E-state index contributed by atoms with van der Waals surface area (Å²) in [4.78, 5) is 12.6. The molecule has 2 aromatic carbocycles. The van der Waals surface area contributed by atoms with Crippen molar-refractivity contribution in [2.24, 2.45) is 0 Å². The van der Waals surface area contributed by atoms with Crippen LogP contribution in [-0.2, 0) is 29.3 Å². The number of nitrogens with one attached hydrogen (secondary N) is 1. The van der Waals surface area contributed by atoms with Gasteiger partial charge in [0.2, 0.25) is 5.91 Å². The molecule has 5 nitrogen and oxygen atoms in total. The zero-order valence-electron chi connectivity index (χ0n) is 18.6. The topological polar surface area (TPSA) is 59.8 Å². The van der Waals surface area contributed by atoms with Crippen molar-refractivity contribution >= 4 is 35.1 Å². The summed E-state index contributed by atoms with van der Waals surface area (Å²) in [7, 11) is 0. The number of para-hydroxylation sites is 1. The molecular weight excluding hydrogens is 424 g/mol. The first kappa shape index (κ1) is 23.4. The second-order valence-electron chi connectivity index (χ2n) is 7.42. The first-order valence-electron chi connectivity index (χ1n) is 10.6. The van der Waals surface area contributed by atoms with Crippen LogP contribution in [0.5, 0.6) is 0 Å². The maximum atomic E-state index is 12.6. The third-order valence-electron chi connectivity index (χ3n) is 5.07. The molecule has 1 heterocycles. The molecule has 0 spiro atoms. The van der Waals surface area contributed by atoms with Crippen molar-refractivity contribution in [3.05, 3.63) is 70.5 Å². The lowest BCUT2D eigenvalue weighted by molar-refractivity contribution is -0.113. The number of nitrogens with zero attached hydrogens (tertiary/aromatic N) is 3. The molecule has 3 rings (SSSR count). The predicted molar refractivity (Wildman–Crippen MR) is 132 cm³/mol. The Hall–Kier alpha value is -2.25. The van der Waals surface area contributed by atoms with E-state index in [4.69, 9.17) is 0 Å². The van der Waals surface area contributed by atoms with E-state index in [1.54, 1.807) is 0 Å². The second kappa shape index (κ2) is 11.4. The number of carbonyl (C=O) groups is 1. The fourth-order valence-corrected chi connectivity index (χ4v) is 5.05. The summed E-state index contributed by atoms with van der Waals surface area (Å²) in [6.45, 7) is 9.10. The highest BCUT2D eigenvalue weighted by Crippen LogP contribution is 2.24. The number of thioether (sulfide) groups is 2. The van der Waals surface area contributed by atoms with Crippen LogP contribution in [0.25, 0.3) is 0 Å². The van der Waals surface area contributed by atoms with Crippen LogP contribution in [0.1, 0.15) is 41.9 Å². The standard InChI is InChI=1S/C24H30N4OS2/c1-5-20-9-7-8-18(4)23(20)25-22(29)16-31-24-27-26-21(28(24)6-2)15-30-14-19-12-10-17(3)11-13-19/h7-13H,5-6,14-16H2,1-4H3,(H,25,29). The molecule has 0 aliphatic carbocycles. The molecule has 1 aromatic heterocycles. The number of hydrogen-bond donors (Lipinski definition) is 1. The fraction of sp³-hybridized carbons (Fsp3) is 0.375. The Morgan fingerprint density at radius 2 is 1.81 bits per heavy atom. The third kappa shape index (κ3) is 6.37. The van der Waals surface area contributed by atoms with Gasteiger partial charge in [-0.15, -0.1) is 22.0 Å². The zero-order valence-corrected chi connectivity index (χ0v) is 20.3.